The zero-order valence-electron chi connectivity index (χ0n) is 9.28. The van der Waals surface area contributed by atoms with Crippen LogP contribution < -0.4 is 11.1 Å². The maximum atomic E-state index is 13.4. The van der Waals surface area contributed by atoms with Gasteiger partial charge in [-0.3, -0.25) is 0 Å². The molecular formula is C12H7BrCl2F2N2. The highest BCUT2D eigenvalue weighted by molar-refractivity contribution is 9.10. The fourth-order valence-corrected chi connectivity index (χ4v) is 2.54. The second-order valence-electron chi connectivity index (χ2n) is 3.72. The number of hydrogen-bond acceptors (Lipinski definition) is 2. The molecule has 0 aliphatic carbocycles. The molecule has 2 aromatic rings. The molecule has 0 atom stereocenters. The van der Waals surface area contributed by atoms with Crippen molar-refractivity contribution in [1.29, 1.82) is 0 Å². The van der Waals surface area contributed by atoms with E-state index in [0.29, 0.717) is 10.2 Å². The van der Waals surface area contributed by atoms with Crippen LogP contribution in [0.3, 0.4) is 0 Å². The molecule has 0 unspecified atom stereocenters. The van der Waals surface area contributed by atoms with Gasteiger partial charge in [0.15, 0.2) is 0 Å². The summed E-state index contributed by atoms with van der Waals surface area (Å²) in [5.41, 5.74) is 6.64. The summed E-state index contributed by atoms with van der Waals surface area (Å²) in [6.07, 6.45) is 0. The summed E-state index contributed by atoms with van der Waals surface area (Å²) in [6.45, 7) is 0. The first-order valence-corrected chi connectivity index (χ1v) is 6.59. The van der Waals surface area contributed by atoms with Crippen molar-refractivity contribution in [2.24, 2.45) is 0 Å². The van der Waals surface area contributed by atoms with Crippen LogP contribution in [0.5, 0.6) is 0 Å². The molecule has 0 aliphatic rings. The molecule has 0 saturated carbocycles. The number of nitrogens with one attached hydrogen (secondary N) is 1. The van der Waals surface area contributed by atoms with Gasteiger partial charge in [-0.1, -0.05) is 23.2 Å². The average Bonchev–Trinajstić information content (AvgIpc) is 2.29. The van der Waals surface area contributed by atoms with Crippen molar-refractivity contribution in [3.05, 3.63) is 50.4 Å². The fraction of sp³-hybridized carbons (Fsp3) is 0. The van der Waals surface area contributed by atoms with E-state index in [2.05, 4.69) is 21.2 Å². The average molecular weight is 368 g/mol. The second-order valence-corrected chi connectivity index (χ2v) is 5.39. The van der Waals surface area contributed by atoms with E-state index in [1.807, 2.05) is 0 Å². The number of nitrogen functional groups attached to an aromatic ring is 1. The van der Waals surface area contributed by atoms with Crippen LogP contribution in [0.1, 0.15) is 0 Å². The molecule has 0 bridgehead atoms. The topological polar surface area (TPSA) is 38.0 Å². The van der Waals surface area contributed by atoms with Crippen molar-refractivity contribution in [3.63, 3.8) is 0 Å². The zero-order chi connectivity index (χ0) is 14.2. The van der Waals surface area contributed by atoms with E-state index in [9.17, 15) is 8.78 Å². The Bertz CT molecular complexity index is 627. The molecule has 100 valence electrons. The summed E-state index contributed by atoms with van der Waals surface area (Å²) >= 11 is 14.7. The van der Waals surface area contributed by atoms with Crippen molar-refractivity contribution < 1.29 is 8.78 Å². The fourth-order valence-electron chi connectivity index (χ4n) is 1.47. The number of benzene rings is 2. The Morgan fingerprint density at radius 1 is 1.05 bits per heavy atom. The Morgan fingerprint density at radius 3 is 2.37 bits per heavy atom. The van der Waals surface area contributed by atoms with Crippen LogP contribution in [-0.4, -0.2) is 0 Å². The lowest BCUT2D eigenvalue weighted by Gasteiger charge is -2.13. The predicted molar refractivity (Wildman–Crippen MR) is 78.2 cm³/mol. The van der Waals surface area contributed by atoms with E-state index in [4.69, 9.17) is 28.9 Å². The zero-order valence-corrected chi connectivity index (χ0v) is 12.4. The van der Waals surface area contributed by atoms with Crippen molar-refractivity contribution in [2.45, 2.75) is 0 Å². The molecule has 0 spiro atoms. The summed E-state index contributed by atoms with van der Waals surface area (Å²) in [5.74, 6) is -1.11. The van der Waals surface area contributed by atoms with Gasteiger partial charge in [-0.05, 0) is 34.1 Å². The minimum Gasteiger partial charge on any atom is -0.397 e. The third kappa shape index (κ3) is 3.11. The highest BCUT2D eigenvalue weighted by Gasteiger charge is 2.12. The Morgan fingerprint density at radius 2 is 1.74 bits per heavy atom. The van der Waals surface area contributed by atoms with E-state index < -0.39 is 11.6 Å². The first-order chi connectivity index (χ1) is 8.88. The maximum Gasteiger partial charge on any atom is 0.144 e. The molecular weight excluding hydrogens is 361 g/mol. The normalized spacial score (nSPS) is 10.6. The molecule has 0 heterocycles. The number of hydrogen-bond donors (Lipinski definition) is 2. The summed E-state index contributed by atoms with van der Waals surface area (Å²) in [5, 5.41) is 2.90. The molecule has 0 radical (unpaired) electrons. The Kier molecular flexibility index (Phi) is 4.18. The van der Waals surface area contributed by atoms with Gasteiger partial charge in [-0.15, -0.1) is 0 Å². The number of nitrogens with two attached hydrogens (primary N) is 1. The van der Waals surface area contributed by atoms with Gasteiger partial charge in [0.05, 0.1) is 27.1 Å². The van der Waals surface area contributed by atoms with Crippen LogP contribution in [0, 0.1) is 11.6 Å². The lowest BCUT2D eigenvalue weighted by atomic mass is 10.2. The number of halogens is 5. The highest BCUT2D eigenvalue weighted by atomic mass is 79.9. The van der Waals surface area contributed by atoms with Gasteiger partial charge < -0.3 is 11.1 Å². The van der Waals surface area contributed by atoms with Gasteiger partial charge >= 0.3 is 0 Å². The van der Waals surface area contributed by atoms with Gasteiger partial charge in [0.2, 0.25) is 0 Å². The molecule has 2 rings (SSSR count). The third-order valence-electron chi connectivity index (χ3n) is 2.36. The van der Waals surface area contributed by atoms with E-state index in [1.165, 1.54) is 12.1 Å². The smallest absolute Gasteiger partial charge is 0.144 e. The van der Waals surface area contributed by atoms with Crippen LogP contribution in [0.4, 0.5) is 25.8 Å². The van der Waals surface area contributed by atoms with E-state index >= 15 is 0 Å². The van der Waals surface area contributed by atoms with Gasteiger partial charge in [-0.2, -0.15) is 0 Å². The first-order valence-electron chi connectivity index (χ1n) is 5.04. The lowest BCUT2D eigenvalue weighted by molar-refractivity contribution is 0.627. The van der Waals surface area contributed by atoms with Crippen LogP contribution in [0.25, 0.3) is 0 Å². The summed E-state index contributed by atoms with van der Waals surface area (Å²) in [6, 6.07) is 4.79. The first kappa shape index (κ1) is 14.4. The van der Waals surface area contributed by atoms with Crippen LogP contribution >= 0.6 is 39.1 Å². The highest BCUT2D eigenvalue weighted by Crippen LogP contribution is 2.36. The summed E-state index contributed by atoms with van der Waals surface area (Å²) in [7, 11) is 0. The van der Waals surface area contributed by atoms with Crippen LogP contribution in [0.15, 0.2) is 28.7 Å². The minimum absolute atomic E-state index is 0.0766. The predicted octanol–water partition coefficient (Wildman–Crippen LogP) is 5.36. The minimum atomic E-state index is -0.618. The van der Waals surface area contributed by atoms with Gasteiger partial charge in [0, 0.05) is 10.5 Å². The second kappa shape index (κ2) is 5.53. The SMILES string of the molecule is Nc1cc(Cl)c(F)cc1Nc1c(Cl)cc(F)cc1Br. The van der Waals surface area contributed by atoms with E-state index in [0.717, 1.165) is 12.1 Å². The monoisotopic (exact) mass is 366 g/mol. The largest absolute Gasteiger partial charge is 0.397 e. The molecule has 2 aromatic carbocycles. The molecule has 2 nitrogen and oxygen atoms in total. The molecule has 0 aliphatic heterocycles. The molecule has 0 saturated heterocycles. The van der Waals surface area contributed by atoms with Gasteiger partial charge in [-0.25, -0.2) is 8.78 Å². The Hall–Kier alpha value is -1.04. The molecule has 0 fully saturated rings. The van der Waals surface area contributed by atoms with Crippen molar-refractivity contribution >= 4 is 56.2 Å². The van der Waals surface area contributed by atoms with E-state index in [-0.39, 0.29) is 21.4 Å². The van der Waals surface area contributed by atoms with Gasteiger partial charge in [0.1, 0.15) is 11.6 Å². The molecule has 3 N–H and O–H groups in total. The van der Waals surface area contributed by atoms with Gasteiger partial charge in [0.25, 0.3) is 0 Å². The molecule has 0 aromatic heterocycles. The van der Waals surface area contributed by atoms with E-state index in [1.54, 1.807) is 0 Å². The van der Waals surface area contributed by atoms with Crippen molar-refractivity contribution in [2.75, 3.05) is 11.1 Å². The van der Waals surface area contributed by atoms with Crippen molar-refractivity contribution in [3.8, 4) is 0 Å². The number of rotatable bonds is 2. The Labute approximate surface area is 126 Å². The number of anilines is 3. The standard InChI is InChI=1S/C12H7BrCl2F2N2/c13-6-1-5(16)2-8(15)12(6)19-11-4-9(17)7(14)3-10(11)18/h1-4,19H,18H2. The van der Waals surface area contributed by atoms with Crippen molar-refractivity contribution in [1.82, 2.24) is 0 Å². The molecule has 0 amide bonds. The Balaban J connectivity index is 2.45. The van der Waals surface area contributed by atoms with Crippen LogP contribution in [-0.2, 0) is 0 Å². The maximum absolute atomic E-state index is 13.4. The summed E-state index contributed by atoms with van der Waals surface area (Å²) < 4.78 is 26.9. The van der Waals surface area contributed by atoms with Crippen LogP contribution in [0.2, 0.25) is 10.0 Å². The third-order valence-corrected chi connectivity index (χ3v) is 3.57. The lowest BCUT2D eigenvalue weighted by Crippen LogP contribution is -1.99. The molecule has 7 heteroatoms. The summed E-state index contributed by atoms with van der Waals surface area (Å²) in [4.78, 5) is 0. The quantitative estimate of drug-likeness (QED) is 0.701. The molecule has 19 heavy (non-hydrogen) atoms.